The van der Waals surface area contributed by atoms with Gasteiger partial charge in [0.25, 0.3) is 5.56 Å². The number of halogens is 1. The summed E-state index contributed by atoms with van der Waals surface area (Å²) in [5.41, 5.74) is -0.206. The molecule has 0 fully saturated rings. The number of aromatic nitrogens is 1. The van der Waals surface area contributed by atoms with Crippen molar-refractivity contribution in [2.75, 3.05) is 0 Å². The van der Waals surface area contributed by atoms with Crippen molar-refractivity contribution in [3.05, 3.63) is 45.0 Å². The third-order valence-corrected chi connectivity index (χ3v) is 4.69. The third-order valence-electron chi connectivity index (χ3n) is 4.69. The monoisotopic (exact) mass is 378 g/mol. The summed E-state index contributed by atoms with van der Waals surface area (Å²) in [4.78, 5) is 29.6. The van der Waals surface area contributed by atoms with Crippen molar-refractivity contribution in [3.63, 3.8) is 0 Å². The standard InChI is InChI=1S/C20H27FN2O4/c1-7-20(26)16-9-17(14(6)22-13(5)8-12(4)21)23(11(2)3)18(24)15(16)10-27-19(20)25/h8-9,11-12,26H,7,10H2,1-6H3/b13-8+,22-14?/t12?,20-/m0/s1. The molecular weight excluding hydrogens is 351 g/mol. The van der Waals surface area contributed by atoms with Crippen LogP contribution in [0.5, 0.6) is 0 Å². The Morgan fingerprint density at radius 3 is 2.56 bits per heavy atom. The summed E-state index contributed by atoms with van der Waals surface area (Å²) in [5.74, 6) is -0.762. The average molecular weight is 378 g/mol. The molecule has 0 aromatic carbocycles. The number of allylic oxidation sites excluding steroid dienone is 2. The lowest BCUT2D eigenvalue weighted by atomic mass is 9.85. The number of fused-ring (bicyclic) bond motifs is 1. The van der Waals surface area contributed by atoms with Crippen LogP contribution in [0.4, 0.5) is 4.39 Å². The van der Waals surface area contributed by atoms with E-state index >= 15 is 0 Å². The van der Waals surface area contributed by atoms with Crippen LogP contribution < -0.4 is 5.56 Å². The van der Waals surface area contributed by atoms with Crippen molar-refractivity contribution in [2.24, 2.45) is 4.99 Å². The Bertz CT molecular complexity index is 867. The first-order valence-corrected chi connectivity index (χ1v) is 9.09. The number of aliphatic hydroxyl groups is 1. The molecule has 0 radical (unpaired) electrons. The predicted octanol–water partition coefficient (Wildman–Crippen LogP) is 3.15. The number of alkyl halides is 1. The highest BCUT2D eigenvalue weighted by Crippen LogP contribution is 2.34. The van der Waals surface area contributed by atoms with E-state index in [9.17, 15) is 19.1 Å². The van der Waals surface area contributed by atoms with Crippen LogP contribution in [0.1, 0.15) is 70.8 Å². The first-order chi connectivity index (χ1) is 12.5. The number of rotatable bonds is 5. The Kier molecular flexibility index (Phi) is 6.04. The fraction of sp³-hybridized carbons (Fsp3) is 0.550. The number of pyridine rings is 1. The van der Waals surface area contributed by atoms with Gasteiger partial charge in [-0.1, -0.05) is 6.92 Å². The number of carbonyl (C=O) groups excluding carboxylic acids is 1. The molecule has 0 bridgehead atoms. The van der Waals surface area contributed by atoms with E-state index in [-0.39, 0.29) is 35.8 Å². The van der Waals surface area contributed by atoms with E-state index in [1.54, 1.807) is 31.4 Å². The zero-order valence-corrected chi connectivity index (χ0v) is 16.7. The first-order valence-electron chi connectivity index (χ1n) is 9.09. The number of hydrogen-bond acceptors (Lipinski definition) is 5. The Morgan fingerprint density at radius 1 is 1.41 bits per heavy atom. The van der Waals surface area contributed by atoms with Gasteiger partial charge in [0.2, 0.25) is 0 Å². The van der Waals surface area contributed by atoms with Gasteiger partial charge >= 0.3 is 5.97 Å². The molecule has 148 valence electrons. The highest BCUT2D eigenvalue weighted by Gasteiger charge is 2.44. The van der Waals surface area contributed by atoms with Gasteiger partial charge in [-0.05, 0) is 53.2 Å². The molecule has 1 aromatic heterocycles. The minimum Gasteiger partial charge on any atom is -0.458 e. The van der Waals surface area contributed by atoms with E-state index in [0.29, 0.717) is 17.1 Å². The summed E-state index contributed by atoms with van der Waals surface area (Å²) in [6.45, 7) is 10.00. The van der Waals surface area contributed by atoms with Crippen LogP contribution >= 0.6 is 0 Å². The summed E-state index contributed by atoms with van der Waals surface area (Å²) in [7, 11) is 0. The van der Waals surface area contributed by atoms with Crippen molar-refractivity contribution in [2.45, 2.75) is 72.4 Å². The van der Waals surface area contributed by atoms with Crippen LogP contribution in [0.15, 0.2) is 27.6 Å². The predicted molar refractivity (Wildman–Crippen MR) is 102 cm³/mol. The van der Waals surface area contributed by atoms with Crippen molar-refractivity contribution < 1.29 is 19.0 Å². The average Bonchev–Trinajstić information content (AvgIpc) is 2.56. The summed E-state index contributed by atoms with van der Waals surface area (Å²) in [6, 6.07) is 1.45. The number of ether oxygens (including phenoxy) is 1. The van der Waals surface area contributed by atoms with Gasteiger partial charge in [-0.15, -0.1) is 0 Å². The van der Waals surface area contributed by atoms with Gasteiger partial charge in [-0.3, -0.25) is 9.79 Å². The highest BCUT2D eigenvalue weighted by atomic mass is 19.1. The van der Waals surface area contributed by atoms with Crippen molar-refractivity contribution in [3.8, 4) is 0 Å². The van der Waals surface area contributed by atoms with Gasteiger partial charge in [-0.25, -0.2) is 9.18 Å². The Balaban J connectivity index is 2.79. The molecule has 2 atom stereocenters. The molecule has 1 aromatic rings. The molecular formula is C20H27FN2O4. The maximum Gasteiger partial charge on any atom is 0.343 e. The molecule has 1 aliphatic heterocycles. The Labute approximate surface area is 158 Å². The Hall–Kier alpha value is -2.28. The largest absolute Gasteiger partial charge is 0.458 e. The van der Waals surface area contributed by atoms with Crippen molar-refractivity contribution in [1.29, 1.82) is 0 Å². The van der Waals surface area contributed by atoms with Crippen LogP contribution in [0.3, 0.4) is 0 Å². The smallest absolute Gasteiger partial charge is 0.343 e. The number of hydrogen-bond donors (Lipinski definition) is 1. The van der Waals surface area contributed by atoms with Crippen LogP contribution in [-0.4, -0.2) is 27.5 Å². The first kappa shape index (κ1) is 21.0. The molecule has 1 aliphatic rings. The summed E-state index contributed by atoms with van der Waals surface area (Å²) in [6.07, 6.45) is 0.314. The highest BCUT2D eigenvalue weighted by molar-refractivity contribution is 5.98. The minimum atomic E-state index is -1.86. The molecule has 2 heterocycles. The molecule has 0 saturated carbocycles. The minimum absolute atomic E-state index is 0.0812. The lowest BCUT2D eigenvalue weighted by molar-refractivity contribution is -0.172. The molecule has 2 rings (SSSR count). The molecule has 7 heteroatoms. The van der Waals surface area contributed by atoms with Gasteiger partial charge < -0.3 is 14.4 Å². The molecule has 0 aliphatic carbocycles. The molecule has 27 heavy (non-hydrogen) atoms. The van der Waals surface area contributed by atoms with E-state index in [0.717, 1.165) is 0 Å². The van der Waals surface area contributed by atoms with E-state index in [4.69, 9.17) is 4.74 Å². The topological polar surface area (TPSA) is 80.9 Å². The lowest BCUT2D eigenvalue weighted by Crippen LogP contribution is -2.45. The molecule has 6 nitrogen and oxygen atoms in total. The summed E-state index contributed by atoms with van der Waals surface area (Å²) in [5, 5.41) is 10.8. The van der Waals surface area contributed by atoms with Crippen molar-refractivity contribution >= 4 is 11.7 Å². The zero-order valence-electron chi connectivity index (χ0n) is 16.7. The third kappa shape index (κ3) is 3.88. The number of cyclic esters (lactones) is 1. The number of aliphatic imine (C=N–C) groups is 1. The molecule has 1 unspecified atom stereocenters. The van der Waals surface area contributed by atoms with E-state index in [2.05, 4.69) is 4.99 Å². The number of esters is 1. The molecule has 0 amide bonds. The van der Waals surface area contributed by atoms with Crippen LogP contribution in [-0.2, 0) is 21.7 Å². The van der Waals surface area contributed by atoms with E-state index < -0.39 is 17.7 Å². The quantitative estimate of drug-likeness (QED) is 0.630. The van der Waals surface area contributed by atoms with E-state index in [1.165, 1.54) is 13.0 Å². The van der Waals surface area contributed by atoms with Gasteiger partial charge in [0.1, 0.15) is 12.8 Å². The maximum atomic E-state index is 13.2. The summed E-state index contributed by atoms with van der Waals surface area (Å²) >= 11 is 0. The van der Waals surface area contributed by atoms with Gasteiger partial charge in [0.05, 0.1) is 17.0 Å². The van der Waals surface area contributed by atoms with Crippen LogP contribution in [0, 0.1) is 0 Å². The molecule has 1 N–H and O–H groups in total. The lowest BCUT2D eigenvalue weighted by Gasteiger charge is -2.33. The SMILES string of the molecule is CC[C@@]1(O)C(=O)OCc2c1cc(C(C)=N/C(C)=C/C(C)F)n(C(C)C)c2=O. The Morgan fingerprint density at radius 2 is 2.04 bits per heavy atom. The van der Waals surface area contributed by atoms with E-state index in [1.807, 2.05) is 13.8 Å². The van der Waals surface area contributed by atoms with Gasteiger partial charge in [0.15, 0.2) is 5.60 Å². The second-order valence-corrected chi connectivity index (χ2v) is 7.16. The van der Waals surface area contributed by atoms with Gasteiger partial charge in [-0.2, -0.15) is 0 Å². The zero-order chi connectivity index (χ0) is 20.5. The molecule has 0 spiro atoms. The fourth-order valence-corrected chi connectivity index (χ4v) is 3.36. The fourth-order valence-electron chi connectivity index (χ4n) is 3.36. The number of carbonyl (C=O) groups is 1. The second-order valence-electron chi connectivity index (χ2n) is 7.16. The van der Waals surface area contributed by atoms with Crippen LogP contribution in [0.25, 0.3) is 0 Å². The second kappa shape index (κ2) is 7.76. The molecule has 0 saturated heterocycles. The number of nitrogens with zero attached hydrogens (tertiary/aromatic N) is 2. The summed E-state index contributed by atoms with van der Waals surface area (Å²) < 4.78 is 19.8. The van der Waals surface area contributed by atoms with Crippen molar-refractivity contribution in [1.82, 2.24) is 4.57 Å². The maximum absolute atomic E-state index is 13.2. The van der Waals surface area contributed by atoms with Crippen LogP contribution in [0.2, 0.25) is 0 Å². The van der Waals surface area contributed by atoms with Gasteiger partial charge in [0, 0.05) is 17.3 Å². The normalized spacial score (nSPS) is 21.9.